The van der Waals surface area contributed by atoms with Crippen LogP contribution < -0.4 is 15.6 Å². The van der Waals surface area contributed by atoms with Gasteiger partial charge in [-0.25, -0.2) is 4.98 Å². The highest BCUT2D eigenvalue weighted by molar-refractivity contribution is 8.00. The Balaban J connectivity index is 1.35. The van der Waals surface area contributed by atoms with Crippen molar-refractivity contribution < 1.29 is 9.53 Å². The summed E-state index contributed by atoms with van der Waals surface area (Å²) in [5, 5.41) is 3.41. The number of anilines is 1. The Morgan fingerprint density at radius 3 is 2.17 bits per heavy atom. The summed E-state index contributed by atoms with van der Waals surface area (Å²) >= 11 is 1.24. The molecule has 1 N–H and O–H groups in total. The molecule has 0 saturated carbocycles. The van der Waals surface area contributed by atoms with Crippen LogP contribution in [0.2, 0.25) is 0 Å². The zero-order valence-electron chi connectivity index (χ0n) is 19.5. The van der Waals surface area contributed by atoms with E-state index in [0.29, 0.717) is 33.2 Å². The minimum absolute atomic E-state index is 0.170. The molecule has 7 heteroatoms. The summed E-state index contributed by atoms with van der Waals surface area (Å²) in [6, 6.07) is 33.3. The lowest BCUT2D eigenvalue weighted by atomic mass is 10.2. The Morgan fingerprint density at radius 1 is 0.833 bits per heavy atom. The molecule has 4 aromatic carbocycles. The Bertz CT molecular complexity index is 1550. The fraction of sp³-hybridized carbons (Fsp3) is 0.0690. The van der Waals surface area contributed by atoms with E-state index in [9.17, 15) is 9.59 Å². The highest BCUT2D eigenvalue weighted by Crippen LogP contribution is 2.27. The third-order valence-corrected chi connectivity index (χ3v) is 6.56. The largest absolute Gasteiger partial charge is 0.457 e. The first kappa shape index (κ1) is 23.4. The fourth-order valence-corrected chi connectivity index (χ4v) is 4.61. The molecule has 1 unspecified atom stereocenters. The Morgan fingerprint density at radius 2 is 1.44 bits per heavy atom. The van der Waals surface area contributed by atoms with Crippen LogP contribution in [-0.2, 0) is 4.79 Å². The van der Waals surface area contributed by atoms with Crippen LogP contribution in [0, 0.1) is 0 Å². The molecule has 0 spiro atoms. The van der Waals surface area contributed by atoms with Crippen molar-refractivity contribution in [3.63, 3.8) is 0 Å². The van der Waals surface area contributed by atoms with Crippen molar-refractivity contribution in [2.75, 3.05) is 5.32 Å². The lowest BCUT2D eigenvalue weighted by Gasteiger charge is -2.16. The predicted octanol–water partition coefficient (Wildman–Crippen LogP) is 6.30. The molecule has 1 amide bonds. The molecule has 0 aliphatic rings. The van der Waals surface area contributed by atoms with Gasteiger partial charge in [-0.2, -0.15) is 0 Å². The maximum atomic E-state index is 13.4. The zero-order valence-corrected chi connectivity index (χ0v) is 20.3. The molecule has 6 nitrogen and oxygen atoms in total. The number of nitrogens with one attached hydrogen (secondary N) is 1. The number of para-hydroxylation sites is 3. The number of carbonyl (C=O) groups excluding carboxylic acids is 1. The summed E-state index contributed by atoms with van der Waals surface area (Å²) in [7, 11) is 0. The molecule has 0 aliphatic carbocycles. The second-order valence-corrected chi connectivity index (χ2v) is 9.38. The SMILES string of the molecule is CC(Sc1nc2ccccc2c(=O)n1-c1ccccc1)C(=O)Nc1ccc(Oc2ccccc2)cc1. The fourth-order valence-electron chi connectivity index (χ4n) is 3.68. The Kier molecular flexibility index (Phi) is 6.82. The van der Waals surface area contributed by atoms with Crippen molar-refractivity contribution in [3.05, 3.63) is 120 Å². The molecule has 1 aromatic heterocycles. The van der Waals surface area contributed by atoms with E-state index in [1.165, 1.54) is 11.8 Å². The average Bonchev–Trinajstić information content (AvgIpc) is 2.91. The third kappa shape index (κ3) is 5.16. The smallest absolute Gasteiger partial charge is 0.266 e. The number of ether oxygens (including phenoxy) is 1. The highest BCUT2D eigenvalue weighted by atomic mass is 32.2. The number of aromatic nitrogens is 2. The number of rotatable bonds is 7. The zero-order chi connectivity index (χ0) is 24.9. The van der Waals surface area contributed by atoms with Gasteiger partial charge in [-0.05, 0) is 67.6 Å². The molecule has 0 saturated heterocycles. The van der Waals surface area contributed by atoms with E-state index in [0.717, 1.165) is 5.75 Å². The van der Waals surface area contributed by atoms with Crippen molar-refractivity contribution in [1.82, 2.24) is 9.55 Å². The summed E-state index contributed by atoms with van der Waals surface area (Å²) < 4.78 is 7.37. The van der Waals surface area contributed by atoms with Gasteiger partial charge in [0.2, 0.25) is 5.91 Å². The van der Waals surface area contributed by atoms with Crippen molar-refractivity contribution in [3.8, 4) is 17.2 Å². The standard InChI is InChI=1S/C29H23N3O3S/c1-20(27(33)30-21-16-18-24(19-17-21)35-23-12-6-3-7-13-23)36-29-31-26-15-9-8-14-25(26)28(34)32(29)22-10-4-2-5-11-22/h2-20H,1H3,(H,30,33). The number of hydrogen-bond acceptors (Lipinski definition) is 5. The van der Waals surface area contributed by atoms with Crippen LogP contribution in [-0.4, -0.2) is 20.7 Å². The molecule has 0 aliphatic heterocycles. The van der Waals surface area contributed by atoms with Gasteiger partial charge < -0.3 is 10.1 Å². The van der Waals surface area contributed by atoms with Crippen LogP contribution in [0.5, 0.6) is 11.5 Å². The molecule has 0 fully saturated rings. The van der Waals surface area contributed by atoms with Gasteiger partial charge >= 0.3 is 0 Å². The van der Waals surface area contributed by atoms with Crippen LogP contribution >= 0.6 is 11.8 Å². The summed E-state index contributed by atoms with van der Waals surface area (Å²) in [5.41, 5.74) is 1.78. The Labute approximate surface area is 212 Å². The number of benzene rings is 4. The predicted molar refractivity (Wildman–Crippen MR) is 144 cm³/mol. The molecule has 0 radical (unpaired) electrons. The van der Waals surface area contributed by atoms with Gasteiger partial charge in [0.25, 0.3) is 5.56 Å². The first-order valence-corrected chi connectivity index (χ1v) is 12.3. The minimum atomic E-state index is -0.506. The van der Waals surface area contributed by atoms with E-state index in [2.05, 4.69) is 5.32 Å². The van der Waals surface area contributed by atoms with Crippen molar-refractivity contribution in [1.29, 1.82) is 0 Å². The maximum Gasteiger partial charge on any atom is 0.266 e. The monoisotopic (exact) mass is 493 g/mol. The van der Waals surface area contributed by atoms with Crippen LogP contribution in [0.4, 0.5) is 5.69 Å². The van der Waals surface area contributed by atoms with Gasteiger partial charge in [0, 0.05) is 5.69 Å². The van der Waals surface area contributed by atoms with E-state index in [1.807, 2.05) is 72.8 Å². The third-order valence-electron chi connectivity index (χ3n) is 5.51. The number of hydrogen-bond donors (Lipinski definition) is 1. The normalized spacial score (nSPS) is 11.7. The highest BCUT2D eigenvalue weighted by Gasteiger charge is 2.20. The topological polar surface area (TPSA) is 73.2 Å². The lowest BCUT2D eigenvalue weighted by molar-refractivity contribution is -0.115. The van der Waals surface area contributed by atoms with Crippen LogP contribution in [0.15, 0.2) is 119 Å². The van der Waals surface area contributed by atoms with E-state index in [4.69, 9.17) is 9.72 Å². The summed E-state index contributed by atoms with van der Waals surface area (Å²) in [5.74, 6) is 1.22. The van der Waals surface area contributed by atoms with Gasteiger partial charge in [-0.1, -0.05) is 60.3 Å². The minimum Gasteiger partial charge on any atom is -0.457 e. The van der Waals surface area contributed by atoms with Gasteiger partial charge in [0.15, 0.2) is 5.16 Å². The summed E-state index contributed by atoms with van der Waals surface area (Å²) in [6.07, 6.45) is 0. The molecule has 178 valence electrons. The molecule has 5 rings (SSSR count). The molecular weight excluding hydrogens is 470 g/mol. The molecule has 5 aromatic rings. The van der Waals surface area contributed by atoms with Crippen LogP contribution in [0.1, 0.15) is 6.92 Å². The van der Waals surface area contributed by atoms with Crippen molar-refractivity contribution in [2.45, 2.75) is 17.3 Å². The number of nitrogens with zero attached hydrogens (tertiary/aromatic N) is 2. The second kappa shape index (κ2) is 10.5. The molecular formula is C29H23N3O3S. The number of carbonyl (C=O) groups is 1. The van der Waals surface area contributed by atoms with Crippen molar-refractivity contribution >= 4 is 34.3 Å². The van der Waals surface area contributed by atoms with E-state index >= 15 is 0 Å². The lowest BCUT2D eigenvalue weighted by Crippen LogP contribution is -2.26. The maximum absolute atomic E-state index is 13.4. The van der Waals surface area contributed by atoms with Crippen LogP contribution in [0.25, 0.3) is 16.6 Å². The van der Waals surface area contributed by atoms with Gasteiger partial charge in [0.1, 0.15) is 11.5 Å². The molecule has 1 heterocycles. The molecule has 0 bridgehead atoms. The van der Waals surface area contributed by atoms with Gasteiger partial charge in [0.05, 0.1) is 21.8 Å². The van der Waals surface area contributed by atoms with Gasteiger partial charge in [-0.3, -0.25) is 14.2 Å². The Hall–Kier alpha value is -4.36. The number of amides is 1. The van der Waals surface area contributed by atoms with Crippen LogP contribution in [0.3, 0.4) is 0 Å². The first-order chi connectivity index (χ1) is 17.6. The number of fused-ring (bicyclic) bond motifs is 1. The summed E-state index contributed by atoms with van der Waals surface area (Å²) in [4.78, 5) is 31.1. The molecule has 36 heavy (non-hydrogen) atoms. The van der Waals surface area contributed by atoms with E-state index < -0.39 is 5.25 Å². The summed E-state index contributed by atoms with van der Waals surface area (Å²) in [6.45, 7) is 1.80. The average molecular weight is 494 g/mol. The molecule has 1 atom stereocenters. The van der Waals surface area contributed by atoms with E-state index in [1.54, 1.807) is 47.9 Å². The first-order valence-electron chi connectivity index (χ1n) is 11.5. The van der Waals surface area contributed by atoms with E-state index in [-0.39, 0.29) is 11.5 Å². The second-order valence-electron chi connectivity index (χ2n) is 8.08. The number of thioether (sulfide) groups is 1. The quantitative estimate of drug-likeness (QED) is 0.213. The van der Waals surface area contributed by atoms with Crippen molar-refractivity contribution in [2.24, 2.45) is 0 Å². The van der Waals surface area contributed by atoms with Gasteiger partial charge in [-0.15, -0.1) is 0 Å².